The number of ether oxygens (including phenoxy) is 5. The molecule has 0 radical (unpaired) electrons. The second kappa shape index (κ2) is 17.7. The van der Waals surface area contributed by atoms with Gasteiger partial charge in [-0.1, -0.05) is 53.6 Å². The topological polar surface area (TPSA) is 163 Å². The number of benzene rings is 3. The van der Waals surface area contributed by atoms with E-state index in [2.05, 4.69) is 104 Å². The van der Waals surface area contributed by atoms with Gasteiger partial charge in [0.05, 0.1) is 57.7 Å². The third-order valence-corrected chi connectivity index (χ3v) is 8.13. The van der Waals surface area contributed by atoms with Gasteiger partial charge in [0.15, 0.2) is 0 Å². The van der Waals surface area contributed by atoms with Crippen LogP contribution in [0.3, 0.4) is 0 Å². The molecule has 0 aromatic heterocycles. The van der Waals surface area contributed by atoms with Crippen LogP contribution in [-0.4, -0.2) is 71.6 Å². The molecule has 48 heavy (non-hydrogen) atoms. The highest BCUT2D eigenvalue weighted by atomic mass is 16.6. The summed E-state index contributed by atoms with van der Waals surface area (Å²) in [6.45, 7) is 4.19. The number of anilines is 1. The number of hydrogen-bond acceptors (Lipinski definition) is 10. The second-order valence-electron chi connectivity index (χ2n) is 11.1. The van der Waals surface area contributed by atoms with Gasteiger partial charge in [0, 0.05) is 7.11 Å². The van der Waals surface area contributed by atoms with Crippen LogP contribution in [0, 0.1) is 43.4 Å². The van der Waals surface area contributed by atoms with Crippen molar-refractivity contribution in [3.8, 4) is 0 Å². The van der Waals surface area contributed by atoms with Crippen molar-refractivity contribution in [1.29, 1.82) is 0 Å². The average molecular weight is 663 g/mol. The molecule has 12 heteroatoms. The first kappa shape index (κ1) is 37.4. The quantitative estimate of drug-likeness (QED) is 0.113. The van der Waals surface area contributed by atoms with Gasteiger partial charge < -0.3 is 28.8 Å². The minimum Gasteiger partial charge on any atom is -0.831 e. The SMILES string of the molecule is COC(=O)C1C(C(=O)OC)C(C(=O)OC)C(C([O-])OC)C1C(=O)OC.Cc1ccc(NC(=[NH+]c2ccc(C)cc2)c2ccccc2)cc1. The van der Waals surface area contributed by atoms with Crippen LogP contribution in [0.1, 0.15) is 16.7 Å². The number of carbonyl (C=O) groups excluding carboxylic acids is 4. The van der Waals surface area contributed by atoms with E-state index >= 15 is 0 Å². The van der Waals surface area contributed by atoms with E-state index in [9.17, 15) is 24.3 Å². The largest absolute Gasteiger partial charge is 0.831 e. The fraction of sp³-hybridized carbons (Fsp3) is 0.361. The molecule has 12 nitrogen and oxygen atoms in total. The lowest BCUT2D eigenvalue weighted by Crippen LogP contribution is -2.68. The molecule has 0 amide bonds. The van der Waals surface area contributed by atoms with E-state index in [1.165, 1.54) is 11.1 Å². The molecule has 0 aliphatic heterocycles. The normalized spacial score (nSPS) is 20.8. The first-order valence-corrected chi connectivity index (χ1v) is 15.1. The van der Waals surface area contributed by atoms with E-state index in [1.54, 1.807) is 0 Å². The minimum atomic E-state index is -1.89. The third-order valence-electron chi connectivity index (χ3n) is 8.13. The van der Waals surface area contributed by atoms with Gasteiger partial charge in [-0.2, -0.15) is 0 Å². The van der Waals surface area contributed by atoms with Crippen LogP contribution < -0.4 is 15.4 Å². The molecule has 0 spiro atoms. The molecular weight excluding hydrogens is 620 g/mol. The number of methoxy groups -OCH3 is 5. The summed E-state index contributed by atoms with van der Waals surface area (Å²) in [7, 11) is 5.30. The van der Waals surface area contributed by atoms with Gasteiger partial charge in [0.25, 0.3) is 5.84 Å². The van der Waals surface area contributed by atoms with Crippen LogP contribution in [0.4, 0.5) is 11.4 Å². The van der Waals surface area contributed by atoms with E-state index in [0.717, 1.165) is 58.3 Å². The van der Waals surface area contributed by atoms with E-state index in [1.807, 2.05) is 18.2 Å². The van der Waals surface area contributed by atoms with Crippen molar-refractivity contribution in [2.75, 3.05) is 40.9 Å². The van der Waals surface area contributed by atoms with Crippen molar-refractivity contribution in [2.45, 2.75) is 20.1 Å². The molecule has 256 valence electrons. The zero-order chi connectivity index (χ0) is 35.4. The number of aryl methyl sites for hydroxylation is 2. The highest BCUT2D eigenvalue weighted by Gasteiger charge is 2.63. The fourth-order valence-electron chi connectivity index (χ4n) is 5.73. The minimum absolute atomic E-state index is 0.946. The Balaban J connectivity index is 0.000000261. The summed E-state index contributed by atoms with van der Waals surface area (Å²) in [6, 6.07) is 27.1. The summed E-state index contributed by atoms with van der Waals surface area (Å²) in [5, 5.41) is 15.8. The summed E-state index contributed by atoms with van der Waals surface area (Å²) in [4.78, 5) is 52.5. The predicted octanol–water partition coefficient (Wildman–Crippen LogP) is 1.68. The Morgan fingerprint density at radius 1 is 0.625 bits per heavy atom. The van der Waals surface area contributed by atoms with Crippen molar-refractivity contribution < 1.29 is 53.0 Å². The molecule has 0 bridgehead atoms. The van der Waals surface area contributed by atoms with Gasteiger partial charge in [0.1, 0.15) is 11.4 Å². The molecule has 1 fully saturated rings. The highest BCUT2D eigenvalue weighted by Crippen LogP contribution is 2.49. The molecule has 1 saturated carbocycles. The second-order valence-corrected chi connectivity index (χ2v) is 11.1. The molecule has 0 saturated heterocycles. The lowest BCUT2D eigenvalue weighted by atomic mass is 9.86. The Morgan fingerprint density at radius 2 is 1.04 bits per heavy atom. The zero-order valence-corrected chi connectivity index (χ0v) is 28.1. The Morgan fingerprint density at radius 3 is 1.46 bits per heavy atom. The van der Waals surface area contributed by atoms with Crippen molar-refractivity contribution >= 4 is 41.1 Å². The molecule has 1 aliphatic carbocycles. The standard InChI is InChI=1S/C21H20N2.C15H21O10/c1-16-8-12-19(13-9-16)22-21(18-6-4-3-5-7-18)23-20-14-10-17(2)11-15-20;1-21-11(16)6-7(12(17)22-2)9(14(19)24-4)10(15(20)25-5)8(6)13(18)23-3/h3-15H,1-2H3,(H,22,23);6-11H,1-5H3/q;-1/p+1. The maximum Gasteiger partial charge on any atom is 0.310 e. The average Bonchev–Trinajstić information content (AvgIpc) is 3.48. The molecule has 5 unspecified atom stereocenters. The van der Waals surface area contributed by atoms with Crippen LogP contribution in [-0.2, 0) is 42.9 Å². The fourth-order valence-corrected chi connectivity index (χ4v) is 5.73. The molecule has 4 rings (SSSR count). The Kier molecular flexibility index (Phi) is 13.8. The van der Waals surface area contributed by atoms with E-state index in [-0.39, 0.29) is 0 Å². The smallest absolute Gasteiger partial charge is 0.310 e. The van der Waals surface area contributed by atoms with Crippen molar-refractivity contribution in [3.05, 3.63) is 95.6 Å². The highest BCUT2D eigenvalue weighted by molar-refractivity contribution is 6.04. The van der Waals surface area contributed by atoms with Crippen molar-refractivity contribution in [1.82, 2.24) is 0 Å². The van der Waals surface area contributed by atoms with Gasteiger partial charge in [-0.25, -0.2) is 10.3 Å². The molecule has 0 heterocycles. The van der Waals surface area contributed by atoms with Gasteiger partial charge in [-0.05, 0) is 62.5 Å². The summed E-state index contributed by atoms with van der Waals surface area (Å²) < 4.78 is 23.4. The van der Waals surface area contributed by atoms with Gasteiger partial charge >= 0.3 is 23.9 Å². The number of nitrogens with one attached hydrogen (secondary N) is 2. The van der Waals surface area contributed by atoms with Crippen LogP contribution in [0.25, 0.3) is 0 Å². The monoisotopic (exact) mass is 662 g/mol. The lowest BCUT2D eigenvalue weighted by Gasteiger charge is -2.34. The first-order chi connectivity index (χ1) is 23.0. The Bertz CT molecular complexity index is 1520. The summed E-state index contributed by atoms with van der Waals surface area (Å²) in [6.07, 6.45) is -1.89. The maximum atomic E-state index is 12.3. The molecule has 1 aliphatic rings. The van der Waals surface area contributed by atoms with Crippen molar-refractivity contribution in [2.24, 2.45) is 29.6 Å². The molecular formula is C36H42N2O10. The first-order valence-electron chi connectivity index (χ1n) is 15.1. The van der Waals surface area contributed by atoms with Gasteiger partial charge in [-0.3, -0.25) is 19.2 Å². The summed E-state index contributed by atoms with van der Waals surface area (Å²) in [5.41, 5.74) is 5.75. The van der Waals surface area contributed by atoms with Crippen LogP contribution in [0.2, 0.25) is 0 Å². The van der Waals surface area contributed by atoms with Crippen molar-refractivity contribution in [3.63, 3.8) is 0 Å². The van der Waals surface area contributed by atoms with E-state index in [0.29, 0.717) is 0 Å². The van der Waals surface area contributed by atoms with Crippen LogP contribution in [0.15, 0.2) is 78.9 Å². The number of amidine groups is 1. The molecule has 2 N–H and O–H groups in total. The zero-order valence-electron chi connectivity index (χ0n) is 28.1. The number of hydrogen-bond donors (Lipinski definition) is 2. The molecule has 5 atom stereocenters. The number of carbonyl (C=O) groups is 4. The Hall–Kier alpha value is -5.07. The maximum absolute atomic E-state index is 12.3. The summed E-state index contributed by atoms with van der Waals surface area (Å²) >= 11 is 0. The molecule has 3 aromatic rings. The third kappa shape index (κ3) is 9.05. The van der Waals surface area contributed by atoms with E-state index < -0.39 is 59.8 Å². The van der Waals surface area contributed by atoms with Gasteiger partial charge in [0.2, 0.25) is 0 Å². The number of esters is 4. The summed E-state index contributed by atoms with van der Waals surface area (Å²) in [5.74, 6) is -10.00. The van der Waals surface area contributed by atoms with Crippen LogP contribution >= 0.6 is 0 Å². The Labute approximate surface area is 280 Å². The van der Waals surface area contributed by atoms with E-state index in [4.69, 9.17) is 4.74 Å². The van der Waals surface area contributed by atoms with Crippen LogP contribution in [0.5, 0.6) is 0 Å². The molecule has 3 aromatic carbocycles. The van der Waals surface area contributed by atoms with Gasteiger partial charge in [-0.15, -0.1) is 0 Å². The predicted molar refractivity (Wildman–Crippen MR) is 173 cm³/mol. The lowest BCUT2D eigenvalue weighted by molar-refractivity contribution is -0.504. The number of rotatable bonds is 9.